The number of Topliss-reactive ketones (excluding diaryl/α,β-unsaturated/α-hetero) is 1. The average molecular weight is 478 g/mol. The molecule has 0 spiro atoms. The first kappa shape index (κ1) is 21.8. The number of aryl methyl sites for hydroxylation is 1. The van der Waals surface area contributed by atoms with Crippen LogP contribution in [0.3, 0.4) is 0 Å². The van der Waals surface area contributed by atoms with Crippen molar-refractivity contribution in [1.29, 1.82) is 0 Å². The van der Waals surface area contributed by atoms with Crippen molar-refractivity contribution in [3.8, 4) is 0 Å². The molecule has 7 heteroatoms. The molecule has 0 N–H and O–H groups in total. The largest absolute Gasteiger partial charge is 0.444 e. The van der Waals surface area contributed by atoms with Crippen molar-refractivity contribution in [2.24, 2.45) is 5.41 Å². The van der Waals surface area contributed by atoms with Crippen molar-refractivity contribution < 1.29 is 14.3 Å². The van der Waals surface area contributed by atoms with Crippen LogP contribution in [0.15, 0.2) is 16.7 Å². The molecule has 1 aromatic heterocycles. The third kappa shape index (κ3) is 4.42. The summed E-state index contributed by atoms with van der Waals surface area (Å²) in [6, 6.07) is 3.53. The molecule has 2 saturated heterocycles. The number of halogens is 1. The van der Waals surface area contributed by atoms with Gasteiger partial charge in [0, 0.05) is 18.0 Å². The fourth-order valence-electron chi connectivity index (χ4n) is 5.10. The van der Waals surface area contributed by atoms with Gasteiger partial charge in [-0.2, -0.15) is 0 Å². The van der Waals surface area contributed by atoms with E-state index in [9.17, 15) is 9.59 Å². The molecule has 6 nitrogen and oxygen atoms in total. The van der Waals surface area contributed by atoms with Gasteiger partial charge >= 0.3 is 6.09 Å². The van der Waals surface area contributed by atoms with Gasteiger partial charge in [0.25, 0.3) is 0 Å². The molecule has 30 heavy (non-hydrogen) atoms. The Morgan fingerprint density at radius 2 is 1.93 bits per heavy atom. The molecule has 3 atom stereocenters. The third-order valence-corrected chi connectivity index (χ3v) is 7.08. The van der Waals surface area contributed by atoms with Crippen LogP contribution in [0.25, 0.3) is 0 Å². The van der Waals surface area contributed by atoms with E-state index in [1.54, 1.807) is 4.90 Å². The molecule has 1 aromatic rings. The summed E-state index contributed by atoms with van der Waals surface area (Å²) in [5.41, 5.74) is 1.22. The first-order valence-corrected chi connectivity index (χ1v) is 11.8. The number of ketones is 1. The van der Waals surface area contributed by atoms with Gasteiger partial charge in [0.1, 0.15) is 10.2 Å². The summed E-state index contributed by atoms with van der Waals surface area (Å²) in [6.45, 7) is 10.8. The molecule has 1 saturated carbocycles. The maximum absolute atomic E-state index is 13.4. The minimum Gasteiger partial charge on any atom is -0.444 e. The Kier molecular flexibility index (Phi) is 5.73. The van der Waals surface area contributed by atoms with Gasteiger partial charge in [-0.15, -0.1) is 0 Å². The van der Waals surface area contributed by atoms with Crippen LogP contribution >= 0.6 is 15.9 Å². The van der Waals surface area contributed by atoms with E-state index in [1.807, 2.05) is 39.8 Å². The Morgan fingerprint density at radius 3 is 2.60 bits per heavy atom. The Labute approximate surface area is 187 Å². The van der Waals surface area contributed by atoms with Crippen LogP contribution in [0.1, 0.15) is 57.7 Å². The van der Waals surface area contributed by atoms with Crippen LogP contribution < -0.4 is 0 Å². The lowest BCUT2D eigenvalue weighted by atomic mass is 9.94. The smallest absolute Gasteiger partial charge is 0.411 e. The maximum atomic E-state index is 13.4. The molecule has 3 aliphatic rings. The standard InChI is InChI=1S/C23H32BrN3O3/c1-15-7-8-20(24)25-16(15)11-18(28)17-12-23(14-26-9-5-6-10-26)13-19(23)27(17)21(29)30-22(2,3)4/h7-8,17,19H,5-6,9-14H2,1-4H3/t17-,19?,23?/m0/s1. The molecule has 0 radical (unpaired) electrons. The molecule has 0 aromatic carbocycles. The van der Waals surface area contributed by atoms with Crippen molar-refractivity contribution in [3.63, 3.8) is 0 Å². The first-order chi connectivity index (χ1) is 14.1. The number of pyridine rings is 1. The van der Waals surface area contributed by atoms with Crippen molar-refractivity contribution in [1.82, 2.24) is 14.8 Å². The lowest BCUT2D eigenvalue weighted by Gasteiger charge is -2.30. The van der Waals surface area contributed by atoms with E-state index in [0.717, 1.165) is 48.3 Å². The number of piperidine rings is 1. The van der Waals surface area contributed by atoms with Crippen LogP contribution in [0.2, 0.25) is 0 Å². The number of fused-ring (bicyclic) bond motifs is 1. The average Bonchev–Trinajstić information content (AvgIpc) is 2.99. The second-order valence-corrected chi connectivity index (χ2v) is 11.0. The molecule has 4 rings (SSSR count). The zero-order valence-corrected chi connectivity index (χ0v) is 20.0. The molecule has 3 heterocycles. The normalized spacial score (nSPS) is 28.5. The Hall–Kier alpha value is -1.47. The lowest BCUT2D eigenvalue weighted by Crippen LogP contribution is -2.46. The summed E-state index contributed by atoms with van der Waals surface area (Å²) < 4.78 is 6.43. The number of carbonyl (C=O) groups excluding carboxylic acids is 2. The summed E-state index contributed by atoms with van der Waals surface area (Å²) in [6.07, 6.45) is 4.08. The van der Waals surface area contributed by atoms with Gasteiger partial charge in [-0.1, -0.05) is 6.07 Å². The van der Waals surface area contributed by atoms with Gasteiger partial charge < -0.3 is 9.64 Å². The summed E-state index contributed by atoms with van der Waals surface area (Å²) in [7, 11) is 0. The van der Waals surface area contributed by atoms with Crippen molar-refractivity contribution in [3.05, 3.63) is 28.0 Å². The zero-order valence-electron chi connectivity index (χ0n) is 18.4. The fourth-order valence-corrected chi connectivity index (χ4v) is 5.45. The van der Waals surface area contributed by atoms with Crippen LogP contribution in [0, 0.1) is 12.3 Å². The predicted octanol–water partition coefficient (Wildman–Crippen LogP) is 4.13. The number of aromatic nitrogens is 1. The van der Waals surface area contributed by atoms with E-state index in [-0.39, 0.29) is 29.8 Å². The van der Waals surface area contributed by atoms with Crippen LogP contribution in [-0.2, 0) is 16.0 Å². The zero-order chi connectivity index (χ0) is 21.7. The molecular formula is C23H32BrN3O3. The topological polar surface area (TPSA) is 62.7 Å². The van der Waals surface area contributed by atoms with Gasteiger partial charge in [0.15, 0.2) is 5.78 Å². The Morgan fingerprint density at radius 1 is 1.23 bits per heavy atom. The number of ether oxygens (including phenoxy) is 1. The molecule has 1 aliphatic carbocycles. The molecule has 1 amide bonds. The highest BCUT2D eigenvalue weighted by molar-refractivity contribution is 9.10. The molecule has 0 bridgehead atoms. The molecular weight excluding hydrogens is 446 g/mol. The van der Waals surface area contributed by atoms with Crippen molar-refractivity contribution >= 4 is 27.8 Å². The summed E-state index contributed by atoms with van der Waals surface area (Å²) >= 11 is 3.40. The van der Waals surface area contributed by atoms with Gasteiger partial charge in [-0.3, -0.25) is 9.69 Å². The van der Waals surface area contributed by atoms with Crippen LogP contribution in [-0.4, -0.2) is 64.0 Å². The Bertz CT molecular complexity index is 847. The molecule has 3 fully saturated rings. The minimum absolute atomic E-state index is 0.0430. The van der Waals surface area contributed by atoms with Crippen LogP contribution in [0.4, 0.5) is 4.79 Å². The molecule has 2 aliphatic heterocycles. The van der Waals surface area contributed by atoms with Gasteiger partial charge in [0.2, 0.25) is 0 Å². The molecule has 164 valence electrons. The minimum atomic E-state index is -0.581. The number of carbonyl (C=O) groups is 2. The Balaban J connectivity index is 1.54. The maximum Gasteiger partial charge on any atom is 0.411 e. The number of hydrogen-bond acceptors (Lipinski definition) is 5. The number of hydrogen-bond donors (Lipinski definition) is 0. The predicted molar refractivity (Wildman–Crippen MR) is 118 cm³/mol. The van der Waals surface area contributed by atoms with E-state index < -0.39 is 11.6 Å². The monoisotopic (exact) mass is 477 g/mol. The second-order valence-electron chi connectivity index (χ2n) is 10.2. The summed E-state index contributed by atoms with van der Waals surface area (Å²) in [5, 5.41) is 0. The third-order valence-electron chi connectivity index (χ3n) is 6.64. The lowest BCUT2D eigenvalue weighted by molar-refractivity contribution is -0.123. The first-order valence-electron chi connectivity index (χ1n) is 11.0. The second kappa shape index (κ2) is 7.90. The van der Waals surface area contributed by atoms with E-state index in [4.69, 9.17) is 4.74 Å². The van der Waals surface area contributed by atoms with Crippen LogP contribution in [0.5, 0.6) is 0 Å². The number of nitrogens with zero attached hydrogens (tertiary/aromatic N) is 3. The van der Waals surface area contributed by atoms with E-state index >= 15 is 0 Å². The van der Waals surface area contributed by atoms with E-state index in [1.165, 1.54) is 12.8 Å². The highest BCUT2D eigenvalue weighted by Crippen LogP contribution is 2.60. The quantitative estimate of drug-likeness (QED) is 0.596. The van der Waals surface area contributed by atoms with Gasteiger partial charge in [-0.25, -0.2) is 9.78 Å². The highest BCUT2D eigenvalue weighted by atomic mass is 79.9. The summed E-state index contributed by atoms with van der Waals surface area (Å²) in [4.78, 5) is 35.2. The van der Waals surface area contributed by atoms with Gasteiger partial charge in [0.05, 0.1) is 18.2 Å². The van der Waals surface area contributed by atoms with E-state index in [2.05, 4.69) is 25.8 Å². The van der Waals surface area contributed by atoms with Gasteiger partial charge in [-0.05, 0) is 94.0 Å². The SMILES string of the molecule is Cc1ccc(Br)nc1CC(=O)[C@@H]1CC2(CN3CCCC3)CC2N1C(=O)OC(C)(C)C. The number of likely N-dealkylation sites (tertiary alicyclic amines) is 2. The van der Waals surface area contributed by atoms with Crippen molar-refractivity contribution in [2.45, 2.75) is 77.5 Å². The number of amides is 1. The number of rotatable bonds is 5. The molecule has 2 unspecified atom stereocenters. The van der Waals surface area contributed by atoms with E-state index in [0.29, 0.717) is 0 Å². The van der Waals surface area contributed by atoms with Crippen molar-refractivity contribution in [2.75, 3.05) is 19.6 Å². The fraction of sp³-hybridized carbons (Fsp3) is 0.696. The highest BCUT2D eigenvalue weighted by Gasteiger charge is 2.67. The summed E-state index contributed by atoms with van der Waals surface area (Å²) in [5.74, 6) is 0.0579.